The van der Waals surface area contributed by atoms with E-state index in [9.17, 15) is 0 Å². The van der Waals surface area contributed by atoms with Gasteiger partial charge in [-0.15, -0.1) is 0 Å². The molecular weight excluding hydrogens is 510 g/mol. The van der Waals surface area contributed by atoms with Gasteiger partial charge in [0.05, 0.1) is 22.2 Å². The third-order valence-electron chi connectivity index (χ3n) is 8.55. The molecule has 0 fully saturated rings. The van der Waals surface area contributed by atoms with Crippen molar-refractivity contribution in [2.45, 2.75) is 0 Å². The topological polar surface area (TPSA) is 22.2 Å². The van der Waals surface area contributed by atoms with E-state index in [0.717, 1.165) is 33.8 Å². The van der Waals surface area contributed by atoms with E-state index in [1.165, 1.54) is 43.4 Å². The molecule has 3 nitrogen and oxygen atoms in total. The number of nitrogens with zero attached hydrogens (tertiary/aromatic N) is 3. The molecule has 9 rings (SSSR count). The average molecular weight is 536 g/mol. The van der Waals surface area contributed by atoms with Crippen LogP contribution < -0.4 is 0 Å². The van der Waals surface area contributed by atoms with Gasteiger partial charge in [0.1, 0.15) is 0 Å². The summed E-state index contributed by atoms with van der Waals surface area (Å²) in [4.78, 5) is 5.47. The molecule has 0 aliphatic heterocycles. The molecule has 9 aromatic rings. The van der Waals surface area contributed by atoms with E-state index in [2.05, 4.69) is 161 Å². The third kappa shape index (κ3) is 3.25. The fourth-order valence-corrected chi connectivity index (χ4v) is 6.72. The Morgan fingerprint density at radius 2 is 1.02 bits per heavy atom. The second-order valence-electron chi connectivity index (χ2n) is 10.8. The van der Waals surface area contributed by atoms with E-state index in [4.69, 9.17) is 4.98 Å². The quantitative estimate of drug-likeness (QED) is 0.221. The normalized spacial score (nSPS) is 11.8. The standard InChI is InChI=1S/C39H25N3/c1-3-15-28-26(12-1)14-11-20-30(28)31-17-5-6-18-32(31)38-36-22-9-10-25-41(36)39(40-38)42-34-21-8-7-19-33(34)37-29-16-4-2-13-27(29)23-24-35(37)42/h1-25H. The Bertz CT molecular complexity index is 2470. The van der Waals surface area contributed by atoms with Gasteiger partial charge in [0, 0.05) is 22.5 Å². The Morgan fingerprint density at radius 1 is 0.405 bits per heavy atom. The van der Waals surface area contributed by atoms with Crippen LogP contribution in [-0.4, -0.2) is 14.0 Å². The Hall–Kier alpha value is -5.67. The monoisotopic (exact) mass is 535 g/mol. The summed E-state index contributed by atoms with van der Waals surface area (Å²) >= 11 is 0. The first-order chi connectivity index (χ1) is 20.9. The second kappa shape index (κ2) is 8.92. The molecule has 0 aliphatic rings. The molecule has 0 aliphatic carbocycles. The molecule has 0 spiro atoms. The van der Waals surface area contributed by atoms with E-state index in [-0.39, 0.29) is 0 Å². The molecule has 196 valence electrons. The maximum absolute atomic E-state index is 5.47. The van der Waals surface area contributed by atoms with Crippen LogP contribution in [0.4, 0.5) is 0 Å². The van der Waals surface area contributed by atoms with Gasteiger partial charge >= 0.3 is 0 Å². The lowest BCUT2D eigenvalue weighted by atomic mass is 9.93. The maximum atomic E-state index is 5.47. The molecule has 6 aromatic carbocycles. The summed E-state index contributed by atoms with van der Waals surface area (Å²) in [5, 5.41) is 7.46. The zero-order valence-electron chi connectivity index (χ0n) is 22.8. The molecule has 0 saturated carbocycles. The summed E-state index contributed by atoms with van der Waals surface area (Å²) in [6.07, 6.45) is 2.13. The number of pyridine rings is 1. The number of rotatable bonds is 3. The van der Waals surface area contributed by atoms with Crippen molar-refractivity contribution >= 4 is 48.9 Å². The molecule has 0 amide bonds. The molecule has 42 heavy (non-hydrogen) atoms. The largest absolute Gasteiger partial charge is 0.285 e. The van der Waals surface area contributed by atoms with Crippen molar-refractivity contribution in [3.63, 3.8) is 0 Å². The van der Waals surface area contributed by atoms with Gasteiger partial charge in [0.15, 0.2) is 0 Å². The van der Waals surface area contributed by atoms with Crippen LogP contribution in [0.25, 0.3) is 77.2 Å². The lowest BCUT2D eigenvalue weighted by Crippen LogP contribution is -2.00. The van der Waals surface area contributed by atoms with E-state index < -0.39 is 0 Å². The molecule has 3 aromatic heterocycles. The summed E-state index contributed by atoms with van der Waals surface area (Å²) in [6, 6.07) is 52.0. The fraction of sp³-hybridized carbons (Fsp3) is 0. The molecule has 3 heteroatoms. The highest BCUT2D eigenvalue weighted by atomic mass is 15.2. The van der Waals surface area contributed by atoms with Crippen molar-refractivity contribution in [3.8, 4) is 28.3 Å². The number of fused-ring (bicyclic) bond motifs is 7. The number of benzene rings is 6. The van der Waals surface area contributed by atoms with Crippen LogP contribution in [-0.2, 0) is 0 Å². The van der Waals surface area contributed by atoms with Crippen molar-refractivity contribution < 1.29 is 0 Å². The summed E-state index contributed by atoms with van der Waals surface area (Å²) in [7, 11) is 0. The van der Waals surface area contributed by atoms with Crippen molar-refractivity contribution in [1.29, 1.82) is 0 Å². The molecule has 0 N–H and O–H groups in total. The maximum Gasteiger partial charge on any atom is 0.220 e. The van der Waals surface area contributed by atoms with Crippen LogP contribution in [0, 0.1) is 0 Å². The number of para-hydroxylation sites is 1. The number of imidazole rings is 1. The van der Waals surface area contributed by atoms with E-state index >= 15 is 0 Å². The van der Waals surface area contributed by atoms with Crippen LogP contribution >= 0.6 is 0 Å². The number of hydrogen-bond acceptors (Lipinski definition) is 1. The van der Waals surface area contributed by atoms with E-state index in [1.807, 2.05) is 0 Å². The first-order valence-electron chi connectivity index (χ1n) is 14.3. The van der Waals surface area contributed by atoms with Gasteiger partial charge in [-0.3, -0.25) is 8.97 Å². The lowest BCUT2D eigenvalue weighted by Gasteiger charge is -2.11. The molecule has 0 unspecified atom stereocenters. The van der Waals surface area contributed by atoms with Crippen molar-refractivity contribution in [1.82, 2.24) is 14.0 Å². The van der Waals surface area contributed by atoms with E-state index in [1.54, 1.807) is 0 Å². The van der Waals surface area contributed by atoms with Gasteiger partial charge in [0.2, 0.25) is 5.95 Å². The van der Waals surface area contributed by atoms with Crippen LogP contribution in [0.1, 0.15) is 0 Å². The molecule has 0 atom stereocenters. The van der Waals surface area contributed by atoms with Crippen LogP contribution in [0.2, 0.25) is 0 Å². The predicted molar refractivity (Wildman–Crippen MR) is 175 cm³/mol. The zero-order valence-corrected chi connectivity index (χ0v) is 22.8. The molecule has 3 heterocycles. The molecule has 0 saturated heterocycles. The molecular formula is C39H25N3. The minimum Gasteiger partial charge on any atom is -0.285 e. The highest BCUT2D eigenvalue weighted by molar-refractivity contribution is 6.21. The van der Waals surface area contributed by atoms with Crippen molar-refractivity contribution in [2.75, 3.05) is 0 Å². The van der Waals surface area contributed by atoms with Gasteiger partial charge in [-0.2, -0.15) is 0 Å². The lowest BCUT2D eigenvalue weighted by molar-refractivity contribution is 0.984. The van der Waals surface area contributed by atoms with Crippen LogP contribution in [0.5, 0.6) is 0 Å². The first kappa shape index (κ1) is 23.1. The minimum atomic E-state index is 0.884. The second-order valence-corrected chi connectivity index (χ2v) is 10.8. The SMILES string of the molecule is c1ccc(-c2nc(-n3c4ccccc4c4c5ccccc5ccc43)n3ccccc23)c(-c2cccc3ccccc23)c1. The zero-order chi connectivity index (χ0) is 27.6. The van der Waals surface area contributed by atoms with Gasteiger partial charge in [0.25, 0.3) is 0 Å². The predicted octanol–water partition coefficient (Wildman–Crippen LogP) is 10.1. The van der Waals surface area contributed by atoms with Gasteiger partial charge in [-0.1, -0.05) is 121 Å². The number of hydrogen-bond donors (Lipinski definition) is 0. The van der Waals surface area contributed by atoms with E-state index in [0.29, 0.717) is 0 Å². The van der Waals surface area contributed by atoms with Crippen LogP contribution in [0.3, 0.4) is 0 Å². The van der Waals surface area contributed by atoms with Crippen LogP contribution in [0.15, 0.2) is 152 Å². The summed E-state index contributed by atoms with van der Waals surface area (Å²) in [5.41, 5.74) is 7.86. The Kier molecular flexibility index (Phi) is 4.90. The smallest absolute Gasteiger partial charge is 0.220 e. The van der Waals surface area contributed by atoms with Gasteiger partial charge in [-0.25, -0.2) is 4.98 Å². The summed E-state index contributed by atoms with van der Waals surface area (Å²) in [6.45, 7) is 0. The summed E-state index contributed by atoms with van der Waals surface area (Å²) in [5.74, 6) is 0.884. The Morgan fingerprint density at radius 3 is 1.90 bits per heavy atom. The highest BCUT2D eigenvalue weighted by Crippen LogP contribution is 2.40. The molecule has 0 radical (unpaired) electrons. The summed E-state index contributed by atoms with van der Waals surface area (Å²) < 4.78 is 4.56. The van der Waals surface area contributed by atoms with Gasteiger partial charge in [-0.05, 0) is 56.9 Å². The highest BCUT2D eigenvalue weighted by Gasteiger charge is 2.21. The Balaban J connectivity index is 1.37. The minimum absolute atomic E-state index is 0.884. The fourth-order valence-electron chi connectivity index (χ4n) is 6.72. The first-order valence-corrected chi connectivity index (χ1v) is 14.3. The van der Waals surface area contributed by atoms with Gasteiger partial charge < -0.3 is 0 Å². The van der Waals surface area contributed by atoms with Crippen molar-refractivity contribution in [3.05, 3.63) is 152 Å². The third-order valence-corrected chi connectivity index (χ3v) is 8.55. The Labute approximate surface area is 242 Å². The van der Waals surface area contributed by atoms with Crippen molar-refractivity contribution in [2.24, 2.45) is 0 Å². The molecule has 0 bridgehead atoms. The average Bonchev–Trinajstić information content (AvgIpc) is 3.60. The number of aromatic nitrogens is 3.